The number of hydrogen-bond acceptors (Lipinski definition) is 8. The molecule has 34 heavy (non-hydrogen) atoms. The number of ether oxygens (including phenoxy) is 6. The van der Waals surface area contributed by atoms with Crippen LogP contribution in [0.5, 0.6) is 0 Å². The van der Waals surface area contributed by atoms with E-state index in [9.17, 15) is 9.90 Å². The molecule has 2 aliphatic rings. The Balaban J connectivity index is 2.11. The fourth-order valence-corrected chi connectivity index (χ4v) is 5.11. The quantitative estimate of drug-likeness (QED) is 0.456. The highest BCUT2D eigenvalue weighted by Crippen LogP contribution is 2.41. The third-order valence-electron chi connectivity index (χ3n) is 7.97. The Morgan fingerprint density at radius 2 is 1.88 bits per heavy atom. The Morgan fingerprint density at radius 1 is 1.21 bits per heavy atom. The topological polar surface area (TPSA) is 105 Å². The van der Waals surface area contributed by atoms with E-state index in [2.05, 4.69) is 26.1 Å². The van der Waals surface area contributed by atoms with E-state index in [0.29, 0.717) is 31.8 Å². The fourth-order valence-electron chi connectivity index (χ4n) is 5.11. The van der Waals surface area contributed by atoms with Crippen molar-refractivity contribution in [2.75, 3.05) is 35.0 Å². The highest BCUT2D eigenvalue weighted by molar-refractivity contribution is 5.82. The molecule has 2 N–H and O–H groups in total. The van der Waals surface area contributed by atoms with Crippen molar-refractivity contribution in [2.45, 2.75) is 109 Å². The minimum atomic E-state index is -1.46. The van der Waals surface area contributed by atoms with Crippen molar-refractivity contribution in [1.29, 1.82) is 0 Å². The summed E-state index contributed by atoms with van der Waals surface area (Å²) in [5.74, 6) is -1.56. The van der Waals surface area contributed by atoms with E-state index in [1.54, 1.807) is 21.3 Å². The number of rotatable bonds is 11. The number of aliphatic hydroxyl groups excluding tert-OH is 1. The lowest BCUT2D eigenvalue weighted by molar-refractivity contribution is -0.308. The van der Waals surface area contributed by atoms with Crippen molar-refractivity contribution in [3.8, 4) is 0 Å². The number of carbonyl (C=O) groups is 1. The number of nitrogens with one attached hydrogen (secondary N) is 1. The van der Waals surface area contributed by atoms with Crippen molar-refractivity contribution in [3.63, 3.8) is 0 Å². The Morgan fingerprint density at radius 3 is 2.41 bits per heavy atom. The lowest BCUT2D eigenvalue weighted by atomic mass is 9.73. The summed E-state index contributed by atoms with van der Waals surface area (Å²) < 4.78 is 34.8. The molecule has 200 valence electrons. The van der Waals surface area contributed by atoms with Crippen molar-refractivity contribution in [1.82, 2.24) is 5.32 Å². The highest BCUT2D eigenvalue weighted by Gasteiger charge is 2.50. The van der Waals surface area contributed by atoms with E-state index < -0.39 is 17.8 Å². The van der Waals surface area contributed by atoms with Gasteiger partial charge in [-0.15, -0.1) is 0 Å². The number of methoxy groups -OCH3 is 4. The molecule has 2 heterocycles. The SMILES string of the molecule is COC[C@H](C[C@H]1O[C@H]([C@H](C)NC(=O)[C@@H](O)[C@@]2(OC)CC[C@@H](C)[C@@H](C)O2)C[C@@H](OC)C1(C)C)OC. The van der Waals surface area contributed by atoms with Crippen LogP contribution in [0.4, 0.5) is 0 Å². The normalized spacial score (nSPS) is 36.5. The molecule has 0 aromatic rings. The molecule has 0 bridgehead atoms. The zero-order valence-corrected chi connectivity index (χ0v) is 22.5. The molecule has 0 unspecified atom stereocenters. The Kier molecular flexibility index (Phi) is 10.8. The molecule has 2 fully saturated rings. The number of amides is 1. The van der Waals surface area contributed by atoms with Crippen molar-refractivity contribution in [2.24, 2.45) is 11.3 Å². The predicted octanol–water partition coefficient (Wildman–Crippen LogP) is 2.28. The van der Waals surface area contributed by atoms with Crippen molar-refractivity contribution in [3.05, 3.63) is 0 Å². The lowest BCUT2D eigenvalue weighted by Crippen LogP contribution is -2.61. The molecule has 0 aromatic carbocycles. The maximum absolute atomic E-state index is 13.1. The average molecular weight is 490 g/mol. The minimum Gasteiger partial charge on any atom is -0.382 e. The lowest BCUT2D eigenvalue weighted by Gasteiger charge is -2.49. The summed E-state index contributed by atoms with van der Waals surface area (Å²) in [4.78, 5) is 13.1. The van der Waals surface area contributed by atoms with Gasteiger partial charge in [-0.1, -0.05) is 20.8 Å². The molecule has 9 heteroatoms. The van der Waals surface area contributed by atoms with Crippen LogP contribution in [0.3, 0.4) is 0 Å². The highest BCUT2D eigenvalue weighted by atomic mass is 16.7. The second-order valence-electron chi connectivity index (χ2n) is 10.5. The van der Waals surface area contributed by atoms with Crippen molar-refractivity contribution >= 4 is 5.91 Å². The van der Waals surface area contributed by atoms with Gasteiger partial charge in [0.25, 0.3) is 5.91 Å². The Hall–Kier alpha value is -0.810. The van der Waals surface area contributed by atoms with Gasteiger partial charge in [0.05, 0.1) is 43.2 Å². The van der Waals surface area contributed by atoms with Gasteiger partial charge in [-0.3, -0.25) is 4.79 Å². The van der Waals surface area contributed by atoms with Crippen LogP contribution in [0.1, 0.15) is 60.3 Å². The van der Waals surface area contributed by atoms with E-state index in [1.165, 1.54) is 7.11 Å². The van der Waals surface area contributed by atoms with Gasteiger partial charge in [0, 0.05) is 53.1 Å². The molecule has 0 saturated carbocycles. The van der Waals surface area contributed by atoms with Gasteiger partial charge in [0.15, 0.2) is 6.10 Å². The summed E-state index contributed by atoms with van der Waals surface area (Å²) in [5.41, 5.74) is -0.262. The smallest absolute Gasteiger partial charge is 0.254 e. The Bertz CT molecular complexity index is 646. The zero-order valence-electron chi connectivity index (χ0n) is 22.5. The van der Waals surface area contributed by atoms with Crippen LogP contribution in [0.25, 0.3) is 0 Å². The first-order chi connectivity index (χ1) is 15.9. The van der Waals surface area contributed by atoms with E-state index in [0.717, 1.165) is 6.42 Å². The third-order valence-corrected chi connectivity index (χ3v) is 7.97. The second-order valence-corrected chi connectivity index (χ2v) is 10.5. The summed E-state index contributed by atoms with van der Waals surface area (Å²) in [7, 11) is 6.48. The first-order valence-corrected chi connectivity index (χ1v) is 12.4. The van der Waals surface area contributed by atoms with Gasteiger partial charge in [-0.2, -0.15) is 0 Å². The van der Waals surface area contributed by atoms with E-state index in [-0.39, 0.29) is 42.0 Å². The first kappa shape index (κ1) is 29.4. The molecule has 2 saturated heterocycles. The van der Waals surface area contributed by atoms with Gasteiger partial charge < -0.3 is 38.8 Å². The number of hydrogen-bond donors (Lipinski definition) is 2. The van der Waals surface area contributed by atoms with Gasteiger partial charge >= 0.3 is 0 Å². The summed E-state index contributed by atoms with van der Waals surface area (Å²) in [6.07, 6.45) is 0.242. The second kappa shape index (κ2) is 12.4. The van der Waals surface area contributed by atoms with Crippen LogP contribution < -0.4 is 5.32 Å². The maximum Gasteiger partial charge on any atom is 0.254 e. The fraction of sp³-hybridized carbons (Fsp3) is 0.960. The summed E-state index contributed by atoms with van der Waals surface area (Å²) in [5, 5.41) is 13.9. The number of aliphatic hydroxyl groups is 1. The van der Waals surface area contributed by atoms with E-state index >= 15 is 0 Å². The third kappa shape index (κ3) is 6.49. The average Bonchev–Trinajstić information content (AvgIpc) is 2.80. The molecule has 9 atom stereocenters. The zero-order chi connectivity index (χ0) is 25.7. The van der Waals surface area contributed by atoms with Crippen LogP contribution in [0, 0.1) is 11.3 Å². The molecule has 0 spiro atoms. The molecular weight excluding hydrogens is 442 g/mol. The summed E-state index contributed by atoms with van der Waals surface area (Å²) >= 11 is 0. The summed E-state index contributed by atoms with van der Waals surface area (Å²) in [6, 6.07) is -0.365. The number of carbonyl (C=O) groups excluding carboxylic acids is 1. The molecule has 0 aromatic heterocycles. The minimum absolute atomic E-state index is 0.0742. The largest absolute Gasteiger partial charge is 0.382 e. The molecule has 0 aliphatic carbocycles. The molecular formula is C25H47NO8. The van der Waals surface area contributed by atoms with Crippen LogP contribution in [-0.4, -0.2) is 94.5 Å². The molecule has 1 amide bonds. The molecule has 9 nitrogen and oxygen atoms in total. The van der Waals surface area contributed by atoms with Gasteiger partial charge in [-0.25, -0.2) is 0 Å². The molecule has 0 radical (unpaired) electrons. The van der Waals surface area contributed by atoms with E-state index in [1.807, 2.05) is 13.8 Å². The standard InChI is InChI=1S/C25H47NO8/c1-15-10-11-25(32-9,34-17(15)3)22(27)23(28)26-16(2)19-13-20(31-8)24(4,5)21(33-19)12-18(30-7)14-29-6/h15-22,27H,10-14H2,1-9H3,(H,26,28)/t15-,16+,17-,18+,19+,20-,21-,22-,25-/m1/s1. The summed E-state index contributed by atoms with van der Waals surface area (Å²) in [6.45, 7) is 10.6. The van der Waals surface area contributed by atoms with Gasteiger partial charge in [0.1, 0.15) is 0 Å². The Labute approximate surface area is 205 Å². The van der Waals surface area contributed by atoms with Crippen LogP contribution in [0.15, 0.2) is 0 Å². The predicted molar refractivity (Wildman–Crippen MR) is 127 cm³/mol. The maximum atomic E-state index is 13.1. The van der Waals surface area contributed by atoms with Gasteiger partial charge in [-0.05, 0) is 26.2 Å². The first-order valence-electron chi connectivity index (χ1n) is 12.4. The van der Waals surface area contributed by atoms with Crippen LogP contribution >= 0.6 is 0 Å². The van der Waals surface area contributed by atoms with Crippen LogP contribution in [0.2, 0.25) is 0 Å². The van der Waals surface area contributed by atoms with Crippen molar-refractivity contribution < 1.29 is 38.3 Å². The molecule has 2 aliphatic heterocycles. The van der Waals surface area contributed by atoms with Crippen LogP contribution in [-0.2, 0) is 33.2 Å². The molecule has 2 rings (SSSR count). The van der Waals surface area contributed by atoms with E-state index in [4.69, 9.17) is 28.4 Å². The monoisotopic (exact) mass is 489 g/mol. The van der Waals surface area contributed by atoms with Gasteiger partial charge in [0.2, 0.25) is 5.79 Å².